The summed E-state index contributed by atoms with van der Waals surface area (Å²) in [4.78, 5) is 43.6. The van der Waals surface area contributed by atoms with Crippen LogP contribution in [0.2, 0.25) is 0 Å². The van der Waals surface area contributed by atoms with E-state index < -0.39 is 17.1 Å². The van der Waals surface area contributed by atoms with Crippen LogP contribution in [0.15, 0.2) is 69.6 Å². The van der Waals surface area contributed by atoms with Crippen LogP contribution in [0.25, 0.3) is 15.9 Å². The minimum absolute atomic E-state index is 0.145. The minimum atomic E-state index is -0.657. The molecule has 7 nitrogen and oxygen atoms in total. The number of para-hydroxylation sites is 1. The molecule has 5 rings (SSSR count). The molecule has 4 aromatic rings. The number of anilines is 1. The first kappa shape index (κ1) is 22.1. The Labute approximate surface area is 198 Å². The molecule has 1 saturated heterocycles. The molecular weight excluding hydrogens is 455 g/mol. The zero-order valence-corrected chi connectivity index (χ0v) is 19.4. The van der Waals surface area contributed by atoms with Crippen molar-refractivity contribution in [2.45, 2.75) is 13.5 Å². The summed E-state index contributed by atoms with van der Waals surface area (Å²) in [6.45, 7) is 3.89. The Kier molecular flexibility index (Phi) is 5.79. The van der Waals surface area contributed by atoms with E-state index in [1.54, 1.807) is 23.3 Å². The minimum Gasteiger partial charge on any atom is -0.368 e. The molecule has 2 aromatic carbocycles. The fourth-order valence-electron chi connectivity index (χ4n) is 4.28. The second-order valence-electron chi connectivity index (χ2n) is 8.28. The Hall–Kier alpha value is -3.72. The fraction of sp³-hybridized carbons (Fsp3) is 0.240. The molecule has 0 saturated carbocycles. The van der Waals surface area contributed by atoms with E-state index in [4.69, 9.17) is 0 Å². The number of aromatic nitrogens is 2. The molecule has 0 N–H and O–H groups in total. The van der Waals surface area contributed by atoms with Crippen LogP contribution in [0.3, 0.4) is 0 Å². The smallest absolute Gasteiger partial charge is 0.336 e. The van der Waals surface area contributed by atoms with Gasteiger partial charge in [-0.05, 0) is 48.2 Å². The molecule has 0 bridgehead atoms. The van der Waals surface area contributed by atoms with Crippen LogP contribution >= 0.6 is 11.3 Å². The lowest BCUT2D eigenvalue weighted by molar-refractivity contribution is -0.132. The highest BCUT2D eigenvalue weighted by Crippen LogP contribution is 2.19. The van der Waals surface area contributed by atoms with Gasteiger partial charge in [0.05, 0.1) is 11.2 Å². The molecule has 1 fully saturated rings. The average molecular weight is 479 g/mol. The number of halogens is 1. The molecule has 174 valence electrons. The summed E-state index contributed by atoms with van der Waals surface area (Å²) >= 11 is 1.20. The van der Waals surface area contributed by atoms with Gasteiger partial charge in [-0.2, -0.15) is 0 Å². The van der Waals surface area contributed by atoms with E-state index >= 15 is 0 Å². The van der Waals surface area contributed by atoms with Gasteiger partial charge in [-0.25, -0.2) is 13.8 Å². The van der Waals surface area contributed by atoms with Crippen molar-refractivity contribution in [2.24, 2.45) is 0 Å². The fourth-order valence-corrected chi connectivity index (χ4v) is 5.10. The summed E-state index contributed by atoms with van der Waals surface area (Å²) < 4.78 is 16.8. The molecule has 1 aliphatic heterocycles. The number of nitrogens with zero attached hydrogens (tertiary/aromatic N) is 4. The van der Waals surface area contributed by atoms with Gasteiger partial charge in [0.2, 0.25) is 5.91 Å². The average Bonchev–Trinajstić information content (AvgIpc) is 3.35. The maximum absolute atomic E-state index is 14.2. The molecule has 0 unspecified atom stereocenters. The van der Waals surface area contributed by atoms with Crippen molar-refractivity contribution in [3.8, 4) is 5.69 Å². The monoisotopic (exact) mass is 478 g/mol. The first-order valence-corrected chi connectivity index (χ1v) is 11.9. The van der Waals surface area contributed by atoms with Gasteiger partial charge < -0.3 is 9.80 Å². The highest BCUT2D eigenvalue weighted by atomic mass is 32.1. The molecule has 1 aliphatic rings. The van der Waals surface area contributed by atoms with E-state index in [0.717, 1.165) is 10.3 Å². The first-order valence-electron chi connectivity index (χ1n) is 11.0. The number of hydrogen-bond acceptors (Lipinski definition) is 5. The van der Waals surface area contributed by atoms with Crippen LogP contribution in [0.1, 0.15) is 5.56 Å². The maximum Gasteiger partial charge on any atom is 0.336 e. The van der Waals surface area contributed by atoms with Crippen molar-refractivity contribution < 1.29 is 9.18 Å². The van der Waals surface area contributed by atoms with Gasteiger partial charge in [-0.1, -0.05) is 24.3 Å². The number of hydrogen-bond donors (Lipinski definition) is 0. The Bertz CT molecular complexity index is 1480. The van der Waals surface area contributed by atoms with Gasteiger partial charge in [0.15, 0.2) is 0 Å². The lowest BCUT2D eigenvalue weighted by Gasteiger charge is -2.36. The first-order chi connectivity index (χ1) is 16.4. The number of aryl methyl sites for hydroxylation is 1. The molecular formula is C25H23FN4O3S. The molecule has 0 spiro atoms. The summed E-state index contributed by atoms with van der Waals surface area (Å²) in [7, 11) is 0. The Morgan fingerprint density at radius 1 is 0.971 bits per heavy atom. The summed E-state index contributed by atoms with van der Waals surface area (Å²) in [6.07, 6.45) is 0. The lowest BCUT2D eigenvalue weighted by atomic mass is 10.2. The predicted molar refractivity (Wildman–Crippen MR) is 132 cm³/mol. The standard InChI is InChI=1S/C25H23FN4O3S/c1-17-7-8-19(15-20(17)26)30-24(32)23-21(9-14-34-23)29(25(30)33)16-22(31)28-12-10-27(11-13-28)18-5-3-2-4-6-18/h2-9,14-15H,10-13,16H2,1H3. The van der Waals surface area contributed by atoms with Crippen LogP contribution in [-0.2, 0) is 11.3 Å². The van der Waals surface area contributed by atoms with Crippen molar-refractivity contribution >= 4 is 33.1 Å². The van der Waals surface area contributed by atoms with Gasteiger partial charge in [0.25, 0.3) is 5.56 Å². The highest BCUT2D eigenvalue weighted by molar-refractivity contribution is 7.17. The van der Waals surface area contributed by atoms with E-state index in [2.05, 4.69) is 4.90 Å². The zero-order chi connectivity index (χ0) is 23.8. The van der Waals surface area contributed by atoms with Crippen LogP contribution < -0.4 is 16.1 Å². The Morgan fingerprint density at radius 3 is 2.41 bits per heavy atom. The molecule has 2 aromatic heterocycles. The van der Waals surface area contributed by atoms with Crippen LogP contribution in [-0.4, -0.2) is 46.1 Å². The number of rotatable bonds is 4. The van der Waals surface area contributed by atoms with Crippen molar-refractivity contribution in [1.29, 1.82) is 0 Å². The van der Waals surface area contributed by atoms with Gasteiger partial charge in [-0.15, -0.1) is 11.3 Å². The SMILES string of the molecule is Cc1ccc(-n2c(=O)c3sccc3n(CC(=O)N3CCN(c4ccccc4)CC3)c2=O)cc1F. The quantitative estimate of drug-likeness (QED) is 0.452. The van der Waals surface area contributed by atoms with E-state index in [-0.39, 0.29) is 18.1 Å². The lowest BCUT2D eigenvalue weighted by Crippen LogP contribution is -2.50. The van der Waals surface area contributed by atoms with Crippen LogP contribution in [0, 0.1) is 12.7 Å². The Morgan fingerprint density at radius 2 is 1.71 bits per heavy atom. The molecule has 1 amide bonds. The third kappa shape index (κ3) is 3.92. The van der Waals surface area contributed by atoms with Crippen molar-refractivity contribution in [3.05, 3.63) is 92.2 Å². The molecule has 9 heteroatoms. The highest BCUT2D eigenvalue weighted by Gasteiger charge is 2.24. The number of amides is 1. The third-order valence-corrected chi connectivity index (χ3v) is 7.11. The van der Waals surface area contributed by atoms with Crippen molar-refractivity contribution in [3.63, 3.8) is 0 Å². The summed E-state index contributed by atoms with van der Waals surface area (Å²) in [5.74, 6) is -0.698. The molecule has 0 aliphatic carbocycles. The number of carbonyl (C=O) groups is 1. The number of fused-ring (bicyclic) bond motifs is 1. The zero-order valence-electron chi connectivity index (χ0n) is 18.6. The van der Waals surface area contributed by atoms with Gasteiger partial charge in [0.1, 0.15) is 17.1 Å². The van der Waals surface area contributed by atoms with Crippen molar-refractivity contribution in [1.82, 2.24) is 14.0 Å². The number of benzene rings is 2. The van der Waals surface area contributed by atoms with Gasteiger partial charge in [-0.3, -0.25) is 14.2 Å². The van der Waals surface area contributed by atoms with E-state index in [9.17, 15) is 18.8 Å². The van der Waals surface area contributed by atoms with Gasteiger partial charge >= 0.3 is 5.69 Å². The number of piperazine rings is 1. The summed E-state index contributed by atoms with van der Waals surface area (Å²) in [5.41, 5.74) is 0.919. The van der Waals surface area contributed by atoms with Crippen LogP contribution in [0.4, 0.5) is 10.1 Å². The van der Waals surface area contributed by atoms with E-state index in [1.807, 2.05) is 30.3 Å². The predicted octanol–water partition coefficient (Wildman–Crippen LogP) is 3.01. The normalized spacial score (nSPS) is 14.1. The summed E-state index contributed by atoms with van der Waals surface area (Å²) in [5, 5.41) is 1.71. The number of thiophene rings is 1. The van der Waals surface area contributed by atoms with Gasteiger partial charge in [0, 0.05) is 31.9 Å². The second kappa shape index (κ2) is 8.90. The topological polar surface area (TPSA) is 67.6 Å². The largest absolute Gasteiger partial charge is 0.368 e. The second-order valence-corrected chi connectivity index (χ2v) is 9.20. The number of carbonyl (C=O) groups excluding carboxylic acids is 1. The molecule has 0 radical (unpaired) electrons. The summed E-state index contributed by atoms with van der Waals surface area (Å²) in [6, 6.07) is 15.9. The molecule has 0 atom stereocenters. The van der Waals surface area contributed by atoms with E-state index in [1.165, 1.54) is 34.1 Å². The third-order valence-electron chi connectivity index (χ3n) is 6.22. The molecule has 34 heavy (non-hydrogen) atoms. The molecule has 3 heterocycles. The maximum atomic E-state index is 14.2. The van der Waals surface area contributed by atoms with Crippen LogP contribution in [0.5, 0.6) is 0 Å². The Balaban J connectivity index is 1.44. The van der Waals surface area contributed by atoms with E-state index in [0.29, 0.717) is 42.0 Å². The van der Waals surface area contributed by atoms with Crippen molar-refractivity contribution in [2.75, 3.05) is 31.1 Å².